The fourth-order valence-corrected chi connectivity index (χ4v) is 3.89. The number of methoxy groups -OCH3 is 1. The van der Waals surface area contributed by atoms with Gasteiger partial charge in [0.15, 0.2) is 4.90 Å². The summed E-state index contributed by atoms with van der Waals surface area (Å²) in [4.78, 5) is 10.6. The van der Waals surface area contributed by atoms with E-state index in [2.05, 4.69) is 4.37 Å². The molecule has 8 nitrogen and oxygen atoms in total. The van der Waals surface area contributed by atoms with Crippen LogP contribution in [0.15, 0.2) is 35.2 Å². The minimum absolute atomic E-state index is 0.0510. The van der Waals surface area contributed by atoms with Crippen LogP contribution in [0.3, 0.4) is 0 Å². The molecule has 0 atom stereocenters. The van der Waals surface area contributed by atoms with Crippen LogP contribution in [-0.2, 0) is 16.6 Å². The Morgan fingerprint density at radius 2 is 2.09 bits per heavy atom. The van der Waals surface area contributed by atoms with Crippen LogP contribution in [0.25, 0.3) is 0 Å². The van der Waals surface area contributed by atoms with E-state index in [0.717, 1.165) is 21.9 Å². The quantitative estimate of drug-likeness (QED) is 0.586. The molecular weight excluding hydrogens is 330 g/mol. The zero-order valence-corrected chi connectivity index (χ0v) is 13.4. The SMILES string of the molecule is COc1cc(CN(C)S(=O)(=O)c2ccccc2[N+](=O)[O-])sn1. The summed E-state index contributed by atoms with van der Waals surface area (Å²) in [7, 11) is -1.16. The van der Waals surface area contributed by atoms with Crippen molar-refractivity contribution in [1.29, 1.82) is 0 Å². The van der Waals surface area contributed by atoms with Crippen LogP contribution >= 0.6 is 11.5 Å². The normalized spacial score (nSPS) is 11.6. The number of nitro groups is 1. The van der Waals surface area contributed by atoms with Crippen LogP contribution in [0.4, 0.5) is 5.69 Å². The van der Waals surface area contributed by atoms with Crippen molar-refractivity contribution in [3.63, 3.8) is 0 Å². The van der Waals surface area contributed by atoms with Crippen LogP contribution in [0.5, 0.6) is 5.88 Å². The average molecular weight is 343 g/mol. The Morgan fingerprint density at radius 1 is 1.41 bits per heavy atom. The van der Waals surface area contributed by atoms with E-state index in [4.69, 9.17) is 4.74 Å². The minimum atomic E-state index is -3.98. The molecule has 1 aromatic heterocycles. The molecule has 22 heavy (non-hydrogen) atoms. The summed E-state index contributed by atoms with van der Waals surface area (Å²) < 4.78 is 35.0. The third kappa shape index (κ3) is 3.24. The smallest absolute Gasteiger partial charge is 0.289 e. The Balaban J connectivity index is 2.31. The molecular formula is C12H13N3O5S2. The summed E-state index contributed by atoms with van der Waals surface area (Å²) in [6, 6.07) is 6.87. The average Bonchev–Trinajstić information content (AvgIpc) is 2.94. The highest BCUT2D eigenvalue weighted by atomic mass is 32.2. The second kappa shape index (κ2) is 6.38. The molecule has 0 saturated heterocycles. The molecule has 0 fully saturated rings. The van der Waals surface area contributed by atoms with Gasteiger partial charge < -0.3 is 4.74 Å². The number of hydrogen-bond donors (Lipinski definition) is 0. The number of aromatic nitrogens is 1. The number of nitrogens with zero attached hydrogens (tertiary/aromatic N) is 3. The molecule has 1 aromatic carbocycles. The minimum Gasteiger partial charge on any atom is -0.480 e. The first-order valence-corrected chi connectivity index (χ1v) is 8.27. The predicted molar refractivity (Wildman–Crippen MR) is 80.4 cm³/mol. The zero-order valence-electron chi connectivity index (χ0n) is 11.8. The summed E-state index contributed by atoms with van der Waals surface area (Å²) >= 11 is 1.11. The molecule has 0 N–H and O–H groups in total. The Kier molecular flexibility index (Phi) is 4.74. The van der Waals surface area contributed by atoms with Gasteiger partial charge in [-0.05, 0) is 17.6 Å². The van der Waals surface area contributed by atoms with Crippen molar-refractivity contribution in [2.24, 2.45) is 0 Å². The summed E-state index contributed by atoms with van der Waals surface area (Å²) in [6.45, 7) is 0.0510. The molecule has 2 aromatic rings. The van der Waals surface area contributed by atoms with Crippen molar-refractivity contribution < 1.29 is 18.1 Å². The molecule has 1 heterocycles. The lowest BCUT2D eigenvalue weighted by molar-refractivity contribution is -0.387. The third-order valence-corrected chi connectivity index (χ3v) is 5.48. The molecule has 0 amide bonds. The molecule has 0 aliphatic carbocycles. The van der Waals surface area contributed by atoms with Crippen molar-refractivity contribution in [3.8, 4) is 5.88 Å². The molecule has 10 heteroatoms. The third-order valence-electron chi connectivity index (χ3n) is 2.88. The molecule has 0 spiro atoms. The lowest BCUT2D eigenvalue weighted by Crippen LogP contribution is -2.26. The number of ether oxygens (including phenoxy) is 1. The van der Waals surface area contributed by atoms with Gasteiger partial charge in [-0.3, -0.25) is 10.1 Å². The van der Waals surface area contributed by atoms with Crippen molar-refractivity contribution in [3.05, 3.63) is 45.3 Å². The Bertz CT molecular complexity index is 788. The molecule has 0 saturated carbocycles. The van der Waals surface area contributed by atoms with Crippen LogP contribution in [-0.4, -0.2) is 36.2 Å². The Labute approximate surface area is 131 Å². The van der Waals surface area contributed by atoms with E-state index in [9.17, 15) is 18.5 Å². The first-order chi connectivity index (χ1) is 10.4. The van der Waals surface area contributed by atoms with Crippen molar-refractivity contribution in [2.45, 2.75) is 11.4 Å². The number of benzene rings is 1. The molecule has 0 aliphatic rings. The van der Waals surface area contributed by atoms with Gasteiger partial charge in [0.1, 0.15) is 0 Å². The van der Waals surface area contributed by atoms with Gasteiger partial charge in [0.2, 0.25) is 15.9 Å². The van der Waals surface area contributed by atoms with E-state index < -0.39 is 20.6 Å². The summed E-state index contributed by atoms with van der Waals surface area (Å²) in [5, 5.41) is 11.0. The largest absolute Gasteiger partial charge is 0.480 e. The number of sulfonamides is 1. The van der Waals surface area contributed by atoms with Crippen molar-refractivity contribution >= 4 is 27.2 Å². The molecule has 0 radical (unpaired) electrons. The van der Waals surface area contributed by atoms with Crippen LogP contribution < -0.4 is 4.74 Å². The summed E-state index contributed by atoms with van der Waals surface area (Å²) in [5.41, 5.74) is -0.448. The van der Waals surface area contributed by atoms with E-state index in [0.29, 0.717) is 10.8 Å². The van der Waals surface area contributed by atoms with Gasteiger partial charge in [0.05, 0.1) is 12.0 Å². The van der Waals surface area contributed by atoms with Crippen LogP contribution in [0.2, 0.25) is 0 Å². The fraction of sp³-hybridized carbons (Fsp3) is 0.250. The maximum atomic E-state index is 12.5. The summed E-state index contributed by atoms with van der Waals surface area (Å²) in [6.07, 6.45) is 0. The van der Waals surface area contributed by atoms with Crippen LogP contribution in [0, 0.1) is 10.1 Å². The highest BCUT2D eigenvalue weighted by Gasteiger charge is 2.29. The lowest BCUT2D eigenvalue weighted by atomic mass is 10.3. The van der Waals surface area contributed by atoms with Gasteiger partial charge in [0, 0.05) is 30.6 Å². The molecule has 118 valence electrons. The monoisotopic (exact) mass is 343 g/mol. The fourth-order valence-electron chi connectivity index (χ4n) is 1.76. The molecule has 0 aliphatic heterocycles. The first kappa shape index (κ1) is 16.3. The number of nitro benzene ring substituents is 1. The topological polar surface area (TPSA) is 103 Å². The van der Waals surface area contributed by atoms with Gasteiger partial charge >= 0.3 is 0 Å². The number of rotatable bonds is 6. The highest BCUT2D eigenvalue weighted by molar-refractivity contribution is 7.89. The highest BCUT2D eigenvalue weighted by Crippen LogP contribution is 2.27. The molecule has 0 bridgehead atoms. The molecule has 0 unspecified atom stereocenters. The van der Waals surface area contributed by atoms with Crippen molar-refractivity contribution in [1.82, 2.24) is 8.68 Å². The second-order valence-electron chi connectivity index (χ2n) is 4.32. The first-order valence-electron chi connectivity index (χ1n) is 6.05. The van der Waals surface area contributed by atoms with Crippen LogP contribution in [0.1, 0.15) is 4.88 Å². The second-order valence-corrected chi connectivity index (χ2v) is 7.22. The number of para-hydroxylation sites is 1. The zero-order chi connectivity index (χ0) is 16.3. The van der Waals surface area contributed by atoms with E-state index in [1.54, 1.807) is 6.07 Å². The Morgan fingerprint density at radius 3 is 2.68 bits per heavy atom. The standard InChI is InChI=1S/C12H13N3O5S2/c1-14(8-9-7-12(20-2)13-21-9)22(18,19)11-6-4-3-5-10(11)15(16)17/h3-7H,8H2,1-2H3. The van der Waals surface area contributed by atoms with E-state index in [1.807, 2.05) is 0 Å². The van der Waals surface area contributed by atoms with E-state index in [-0.39, 0.29) is 11.4 Å². The van der Waals surface area contributed by atoms with Gasteiger partial charge in [-0.2, -0.15) is 8.68 Å². The summed E-state index contributed by atoms with van der Waals surface area (Å²) in [5.74, 6) is 0.400. The maximum Gasteiger partial charge on any atom is 0.289 e. The Hall–Kier alpha value is -2.04. The lowest BCUT2D eigenvalue weighted by Gasteiger charge is -2.15. The van der Waals surface area contributed by atoms with E-state index >= 15 is 0 Å². The predicted octanol–water partition coefficient (Wildman–Crippen LogP) is 1.88. The number of hydrogen-bond acceptors (Lipinski definition) is 7. The maximum absolute atomic E-state index is 12.5. The van der Waals surface area contributed by atoms with Gasteiger partial charge in [-0.25, -0.2) is 8.42 Å². The van der Waals surface area contributed by atoms with Gasteiger partial charge in [-0.1, -0.05) is 12.1 Å². The molecule has 2 rings (SSSR count). The van der Waals surface area contributed by atoms with Gasteiger partial charge in [0.25, 0.3) is 5.69 Å². The van der Waals surface area contributed by atoms with E-state index in [1.165, 1.54) is 32.4 Å². The van der Waals surface area contributed by atoms with Gasteiger partial charge in [-0.15, -0.1) is 0 Å². The van der Waals surface area contributed by atoms with Crippen molar-refractivity contribution in [2.75, 3.05) is 14.2 Å².